The second-order valence-corrected chi connectivity index (χ2v) is 8.38. The zero-order valence-electron chi connectivity index (χ0n) is 17.1. The molecule has 0 unspecified atom stereocenters. The molecule has 1 heterocycles. The maximum atomic E-state index is 12.5. The van der Waals surface area contributed by atoms with Crippen LogP contribution in [0.4, 0.5) is 10.5 Å². The Morgan fingerprint density at radius 2 is 1.86 bits per heavy atom. The number of anilines is 1. The SMILES string of the molecule is CSc1cccc(NC(=O)N2CCC(CC(=O)NCc3ccccc3C)CC2)c1. The number of benzene rings is 2. The van der Waals surface area contributed by atoms with Crippen molar-refractivity contribution < 1.29 is 9.59 Å². The van der Waals surface area contributed by atoms with Crippen LogP contribution < -0.4 is 10.6 Å². The summed E-state index contributed by atoms with van der Waals surface area (Å²) in [6.07, 6.45) is 4.26. The first-order chi connectivity index (χ1) is 14.0. The van der Waals surface area contributed by atoms with E-state index in [4.69, 9.17) is 0 Å². The lowest BCUT2D eigenvalue weighted by atomic mass is 9.93. The second kappa shape index (κ2) is 10.3. The normalized spacial score (nSPS) is 14.5. The summed E-state index contributed by atoms with van der Waals surface area (Å²) < 4.78 is 0. The van der Waals surface area contributed by atoms with Crippen molar-refractivity contribution in [3.05, 3.63) is 59.7 Å². The summed E-state index contributed by atoms with van der Waals surface area (Å²) in [5, 5.41) is 6.01. The molecule has 2 aromatic carbocycles. The van der Waals surface area contributed by atoms with Gasteiger partial charge < -0.3 is 15.5 Å². The third-order valence-electron chi connectivity index (χ3n) is 5.43. The molecule has 5 nitrogen and oxygen atoms in total. The zero-order chi connectivity index (χ0) is 20.6. The molecule has 0 radical (unpaired) electrons. The Labute approximate surface area is 177 Å². The molecular formula is C23H29N3O2S. The van der Waals surface area contributed by atoms with Crippen LogP contribution in [0.5, 0.6) is 0 Å². The van der Waals surface area contributed by atoms with Gasteiger partial charge in [-0.1, -0.05) is 30.3 Å². The number of carbonyl (C=O) groups excluding carboxylic acids is 2. The number of urea groups is 1. The molecular weight excluding hydrogens is 382 g/mol. The number of likely N-dealkylation sites (tertiary alicyclic amines) is 1. The number of piperidine rings is 1. The first kappa shape index (κ1) is 21.2. The number of amides is 3. The van der Waals surface area contributed by atoms with Gasteiger partial charge in [-0.2, -0.15) is 0 Å². The maximum absolute atomic E-state index is 12.5. The predicted octanol–water partition coefficient (Wildman–Crippen LogP) is 4.67. The van der Waals surface area contributed by atoms with Gasteiger partial charge in [-0.15, -0.1) is 11.8 Å². The van der Waals surface area contributed by atoms with Crippen LogP contribution in [-0.2, 0) is 11.3 Å². The smallest absolute Gasteiger partial charge is 0.321 e. The van der Waals surface area contributed by atoms with E-state index in [1.165, 1.54) is 5.56 Å². The molecule has 1 aliphatic heterocycles. The number of hydrogen-bond acceptors (Lipinski definition) is 3. The summed E-state index contributed by atoms with van der Waals surface area (Å²) in [5.74, 6) is 0.417. The van der Waals surface area contributed by atoms with Gasteiger partial charge in [0.25, 0.3) is 0 Å². The lowest BCUT2D eigenvalue weighted by molar-refractivity contribution is -0.122. The lowest BCUT2D eigenvalue weighted by Crippen LogP contribution is -2.41. The molecule has 1 saturated heterocycles. The molecule has 0 atom stereocenters. The standard InChI is InChI=1S/C23H29N3O2S/c1-17-6-3-4-7-19(17)16-24-22(27)14-18-10-12-26(13-11-18)23(28)25-20-8-5-9-21(15-20)29-2/h3-9,15,18H,10-14,16H2,1-2H3,(H,24,27)(H,25,28). The summed E-state index contributed by atoms with van der Waals surface area (Å²) in [4.78, 5) is 27.8. The van der Waals surface area contributed by atoms with Crippen molar-refractivity contribution in [1.29, 1.82) is 0 Å². The molecule has 6 heteroatoms. The molecule has 0 bridgehead atoms. The Bertz CT molecular complexity index is 848. The number of nitrogens with one attached hydrogen (secondary N) is 2. The number of thioether (sulfide) groups is 1. The van der Waals surface area contributed by atoms with E-state index in [1.54, 1.807) is 11.8 Å². The fourth-order valence-corrected chi connectivity index (χ4v) is 4.04. The van der Waals surface area contributed by atoms with Gasteiger partial charge in [-0.3, -0.25) is 4.79 Å². The van der Waals surface area contributed by atoms with Gasteiger partial charge in [-0.05, 0) is 61.3 Å². The molecule has 0 spiro atoms. The fourth-order valence-electron chi connectivity index (χ4n) is 3.58. The van der Waals surface area contributed by atoms with Crippen molar-refractivity contribution in [3.63, 3.8) is 0 Å². The largest absolute Gasteiger partial charge is 0.352 e. The first-order valence-electron chi connectivity index (χ1n) is 10.1. The highest BCUT2D eigenvalue weighted by atomic mass is 32.2. The molecule has 3 rings (SSSR count). The molecule has 2 N–H and O–H groups in total. The Balaban J connectivity index is 1.41. The van der Waals surface area contributed by atoms with Crippen molar-refractivity contribution in [2.24, 2.45) is 5.92 Å². The van der Waals surface area contributed by atoms with E-state index in [9.17, 15) is 9.59 Å². The van der Waals surface area contributed by atoms with Crippen molar-refractivity contribution in [3.8, 4) is 0 Å². The molecule has 0 saturated carbocycles. The van der Waals surface area contributed by atoms with Crippen molar-refractivity contribution in [1.82, 2.24) is 10.2 Å². The van der Waals surface area contributed by atoms with E-state index >= 15 is 0 Å². The van der Waals surface area contributed by atoms with Gasteiger partial charge in [0, 0.05) is 36.6 Å². The van der Waals surface area contributed by atoms with Gasteiger partial charge in [0.2, 0.25) is 5.91 Å². The minimum absolute atomic E-state index is 0.0642. The van der Waals surface area contributed by atoms with Crippen molar-refractivity contribution in [2.45, 2.75) is 37.6 Å². The van der Waals surface area contributed by atoms with Gasteiger partial charge in [0.15, 0.2) is 0 Å². The van der Waals surface area contributed by atoms with Gasteiger partial charge >= 0.3 is 6.03 Å². The van der Waals surface area contributed by atoms with Crippen molar-refractivity contribution >= 4 is 29.4 Å². The Morgan fingerprint density at radius 3 is 2.59 bits per heavy atom. The van der Waals surface area contributed by atoms with E-state index in [0.717, 1.165) is 29.0 Å². The molecule has 1 fully saturated rings. The molecule has 0 aromatic heterocycles. The third kappa shape index (κ3) is 6.26. The molecule has 3 amide bonds. The van der Waals surface area contributed by atoms with Crippen molar-refractivity contribution in [2.75, 3.05) is 24.7 Å². The molecule has 29 heavy (non-hydrogen) atoms. The Morgan fingerprint density at radius 1 is 1.10 bits per heavy atom. The van der Waals surface area contributed by atoms with Crippen LogP contribution in [0.15, 0.2) is 53.4 Å². The summed E-state index contributed by atoms with van der Waals surface area (Å²) in [6.45, 7) is 4.00. The Kier molecular flexibility index (Phi) is 7.58. The highest BCUT2D eigenvalue weighted by molar-refractivity contribution is 7.98. The van der Waals surface area contributed by atoms with E-state index in [1.807, 2.05) is 53.6 Å². The van der Waals surface area contributed by atoms with E-state index in [2.05, 4.69) is 23.6 Å². The summed E-state index contributed by atoms with van der Waals surface area (Å²) in [7, 11) is 0. The second-order valence-electron chi connectivity index (χ2n) is 7.50. The summed E-state index contributed by atoms with van der Waals surface area (Å²) in [5.41, 5.74) is 3.16. The average Bonchev–Trinajstić information content (AvgIpc) is 2.74. The average molecular weight is 412 g/mol. The highest BCUT2D eigenvalue weighted by Gasteiger charge is 2.24. The van der Waals surface area contributed by atoms with Gasteiger partial charge in [-0.25, -0.2) is 4.79 Å². The van der Waals surface area contributed by atoms with Crippen LogP contribution in [0.2, 0.25) is 0 Å². The number of hydrogen-bond donors (Lipinski definition) is 2. The van der Waals surface area contributed by atoms with Crippen LogP contribution in [-0.4, -0.2) is 36.2 Å². The highest BCUT2D eigenvalue weighted by Crippen LogP contribution is 2.23. The van der Waals surface area contributed by atoms with E-state index < -0.39 is 0 Å². The van der Waals surface area contributed by atoms with Crippen LogP contribution in [0.25, 0.3) is 0 Å². The topological polar surface area (TPSA) is 61.4 Å². The van der Waals surface area contributed by atoms with Gasteiger partial charge in [0.05, 0.1) is 0 Å². The minimum atomic E-state index is -0.0642. The molecule has 0 aliphatic carbocycles. The lowest BCUT2D eigenvalue weighted by Gasteiger charge is -2.31. The quantitative estimate of drug-likeness (QED) is 0.679. The third-order valence-corrected chi connectivity index (χ3v) is 6.16. The van der Waals surface area contributed by atoms with Gasteiger partial charge in [0.1, 0.15) is 0 Å². The number of carbonyl (C=O) groups is 2. The fraction of sp³-hybridized carbons (Fsp3) is 0.391. The molecule has 154 valence electrons. The molecule has 2 aromatic rings. The van der Waals surface area contributed by atoms with E-state index in [0.29, 0.717) is 32.0 Å². The van der Waals surface area contributed by atoms with E-state index in [-0.39, 0.29) is 11.9 Å². The number of aryl methyl sites for hydroxylation is 1. The summed E-state index contributed by atoms with van der Waals surface area (Å²) >= 11 is 1.65. The Hall–Kier alpha value is -2.47. The monoisotopic (exact) mass is 411 g/mol. The minimum Gasteiger partial charge on any atom is -0.352 e. The predicted molar refractivity (Wildman–Crippen MR) is 119 cm³/mol. The zero-order valence-corrected chi connectivity index (χ0v) is 17.9. The first-order valence-corrected chi connectivity index (χ1v) is 11.3. The molecule has 1 aliphatic rings. The summed E-state index contributed by atoms with van der Waals surface area (Å²) in [6, 6.07) is 15.9. The van der Waals surface area contributed by atoms with Crippen LogP contribution in [0.1, 0.15) is 30.4 Å². The van der Waals surface area contributed by atoms with Crippen LogP contribution in [0.3, 0.4) is 0 Å². The number of rotatable bonds is 6. The number of nitrogens with zero attached hydrogens (tertiary/aromatic N) is 1. The van der Waals surface area contributed by atoms with Crippen LogP contribution >= 0.6 is 11.8 Å². The van der Waals surface area contributed by atoms with Crippen LogP contribution in [0, 0.1) is 12.8 Å². The maximum Gasteiger partial charge on any atom is 0.321 e.